The van der Waals surface area contributed by atoms with Crippen LogP contribution in [-0.2, 0) is 19.4 Å². The predicted octanol–water partition coefficient (Wildman–Crippen LogP) is 3.73. The first kappa shape index (κ1) is 15.8. The Morgan fingerprint density at radius 1 is 1.14 bits per heavy atom. The highest BCUT2D eigenvalue weighted by atomic mass is 16.1. The first-order valence-corrected chi connectivity index (χ1v) is 9.16. The van der Waals surface area contributed by atoms with Crippen molar-refractivity contribution in [1.82, 2.24) is 9.88 Å². The lowest BCUT2D eigenvalue weighted by Crippen LogP contribution is -2.36. The van der Waals surface area contributed by atoms with E-state index in [1.165, 1.54) is 56.2 Å². The second-order valence-electron chi connectivity index (χ2n) is 7.35. The SMILES string of the molecule is CC(C)NCc1cc2c(n(C3CCCCC3)c1=O)CCCC2. The van der Waals surface area contributed by atoms with E-state index < -0.39 is 0 Å². The van der Waals surface area contributed by atoms with Gasteiger partial charge in [-0.1, -0.05) is 33.1 Å². The summed E-state index contributed by atoms with van der Waals surface area (Å²) in [5, 5.41) is 3.43. The van der Waals surface area contributed by atoms with Crippen LogP contribution < -0.4 is 10.9 Å². The molecule has 3 heteroatoms. The Bertz CT molecular complexity index is 568. The minimum absolute atomic E-state index is 0.278. The predicted molar refractivity (Wildman–Crippen MR) is 91.4 cm³/mol. The van der Waals surface area contributed by atoms with Crippen LogP contribution in [0, 0.1) is 0 Å². The molecule has 0 spiro atoms. The Morgan fingerprint density at radius 3 is 2.59 bits per heavy atom. The fourth-order valence-electron chi connectivity index (χ4n) is 4.06. The quantitative estimate of drug-likeness (QED) is 0.919. The largest absolute Gasteiger partial charge is 0.310 e. The van der Waals surface area contributed by atoms with Crippen LogP contribution in [0.2, 0.25) is 0 Å². The van der Waals surface area contributed by atoms with Gasteiger partial charge in [-0.2, -0.15) is 0 Å². The molecule has 1 aromatic heterocycles. The molecule has 0 amide bonds. The first-order valence-electron chi connectivity index (χ1n) is 9.16. The van der Waals surface area contributed by atoms with Crippen LogP contribution in [0.15, 0.2) is 10.9 Å². The minimum Gasteiger partial charge on any atom is -0.310 e. The molecule has 122 valence electrons. The third kappa shape index (κ3) is 3.29. The average Bonchev–Trinajstić information content (AvgIpc) is 2.53. The summed E-state index contributed by atoms with van der Waals surface area (Å²) in [6, 6.07) is 3.07. The van der Waals surface area contributed by atoms with Crippen molar-refractivity contribution in [2.75, 3.05) is 0 Å². The topological polar surface area (TPSA) is 34.0 Å². The van der Waals surface area contributed by atoms with Crippen LogP contribution in [0.25, 0.3) is 0 Å². The molecule has 0 atom stereocenters. The molecule has 0 bridgehead atoms. The van der Waals surface area contributed by atoms with Crippen molar-refractivity contribution in [2.45, 2.75) is 90.3 Å². The van der Waals surface area contributed by atoms with Gasteiger partial charge in [0.2, 0.25) is 0 Å². The third-order valence-corrected chi connectivity index (χ3v) is 5.25. The summed E-state index contributed by atoms with van der Waals surface area (Å²) in [6.45, 7) is 4.98. The molecule has 0 aliphatic heterocycles. The van der Waals surface area contributed by atoms with Crippen LogP contribution in [0.3, 0.4) is 0 Å². The van der Waals surface area contributed by atoms with Crippen molar-refractivity contribution in [3.05, 3.63) is 33.2 Å². The molecule has 0 unspecified atom stereocenters. The lowest BCUT2D eigenvalue weighted by Gasteiger charge is -2.30. The highest BCUT2D eigenvalue weighted by Crippen LogP contribution is 2.31. The van der Waals surface area contributed by atoms with Gasteiger partial charge in [-0.3, -0.25) is 4.79 Å². The lowest BCUT2D eigenvalue weighted by atomic mass is 9.90. The van der Waals surface area contributed by atoms with E-state index in [2.05, 4.69) is 29.8 Å². The summed E-state index contributed by atoms with van der Waals surface area (Å²) in [5.74, 6) is 0. The minimum atomic E-state index is 0.278. The number of aryl methyl sites for hydroxylation is 1. The number of pyridine rings is 1. The molecule has 0 aromatic carbocycles. The smallest absolute Gasteiger partial charge is 0.255 e. The molecule has 1 N–H and O–H groups in total. The van der Waals surface area contributed by atoms with Gasteiger partial charge in [0.15, 0.2) is 0 Å². The summed E-state index contributed by atoms with van der Waals surface area (Å²) in [7, 11) is 0. The Hall–Kier alpha value is -1.09. The molecular formula is C19H30N2O. The normalized spacial score (nSPS) is 19.4. The van der Waals surface area contributed by atoms with Crippen molar-refractivity contribution in [3.63, 3.8) is 0 Å². The van der Waals surface area contributed by atoms with Gasteiger partial charge in [0.25, 0.3) is 5.56 Å². The van der Waals surface area contributed by atoms with Gasteiger partial charge < -0.3 is 9.88 Å². The fraction of sp³-hybridized carbons (Fsp3) is 0.737. The van der Waals surface area contributed by atoms with Crippen molar-refractivity contribution >= 4 is 0 Å². The van der Waals surface area contributed by atoms with E-state index in [-0.39, 0.29) is 5.56 Å². The second kappa shape index (κ2) is 6.99. The van der Waals surface area contributed by atoms with E-state index in [9.17, 15) is 4.79 Å². The molecule has 1 fully saturated rings. The summed E-state index contributed by atoms with van der Waals surface area (Å²) in [4.78, 5) is 13.1. The summed E-state index contributed by atoms with van der Waals surface area (Å²) in [6.07, 6.45) is 11.0. The maximum atomic E-state index is 13.1. The monoisotopic (exact) mass is 302 g/mol. The van der Waals surface area contributed by atoms with E-state index in [1.807, 2.05) is 0 Å². The zero-order chi connectivity index (χ0) is 15.5. The van der Waals surface area contributed by atoms with Crippen LogP contribution in [0.1, 0.15) is 81.7 Å². The molecule has 0 radical (unpaired) electrons. The summed E-state index contributed by atoms with van der Waals surface area (Å²) >= 11 is 0. The number of nitrogens with zero attached hydrogens (tertiary/aromatic N) is 1. The van der Waals surface area contributed by atoms with Gasteiger partial charge in [-0.05, 0) is 50.2 Å². The number of fused-ring (bicyclic) bond motifs is 1. The summed E-state index contributed by atoms with van der Waals surface area (Å²) in [5.41, 5.74) is 4.05. The zero-order valence-electron chi connectivity index (χ0n) is 14.2. The molecule has 1 saturated carbocycles. The van der Waals surface area contributed by atoms with E-state index in [4.69, 9.17) is 0 Å². The maximum Gasteiger partial charge on any atom is 0.255 e. The van der Waals surface area contributed by atoms with Crippen LogP contribution in [0.5, 0.6) is 0 Å². The van der Waals surface area contributed by atoms with Crippen molar-refractivity contribution in [1.29, 1.82) is 0 Å². The second-order valence-corrected chi connectivity index (χ2v) is 7.35. The number of hydrogen-bond donors (Lipinski definition) is 1. The standard InChI is InChI=1S/C19H30N2O/c1-14(2)20-13-16-12-15-8-6-7-11-18(15)21(19(16)22)17-9-4-3-5-10-17/h12,14,17,20H,3-11,13H2,1-2H3. The molecule has 1 heterocycles. The molecule has 2 aliphatic carbocycles. The molecular weight excluding hydrogens is 272 g/mol. The number of hydrogen-bond acceptors (Lipinski definition) is 2. The first-order chi connectivity index (χ1) is 10.7. The van der Waals surface area contributed by atoms with Crippen LogP contribution in [-0.4, -0.2) is 10.6 Å². The summed E-state index contributed by atoms with van der Waals surface area (Å²) < 4.78 is 2.21. The molecule has 0 saturated heterocycles. The molecule has 1 aromatic rings. The highest BCUT2D eigenvalue weighted by Gasteiger charge is 2.24. The van der Waals surface area contributed by atoms with E-state index in [0.29, 0.717) is 18.6 Å². The van der Waals surface area contributed by atoms with Gasteiger partial charge in [-0.25, -0.2) is 0 Å². The average molecular weight is 302 g/mol. The van der Waals surface area contributed by atoms with Crippen molar-refractivity contribution in [3.8, 4) is 0 Å². The molecule has 3 rings (SSSR count). The van der Waals surface area contributed by atoms with E-state index >= 15 is 0 Å². The maximum absolute atomic E-state index is 13.1. The number of nitrogens with one attached hydrogen (secondary N) is 1. The van der Waals surface area contributed by atoms with Gasteiger partial charge >= 0.3 is 0 Å². The Morgan fingerprint density at radius 2 is 1.86 bits per heavy atom. The van der Waals surface area contributed by atoms with Gasteiger partial charge in [0.1, 0.15) is 0 Å². The van der Waals surface area contributed by atoms with E-state index in [1.54, 1.807) is 0 Å². The lowest BCUT2D eigenvalue weighted by molar-refractivity contribution is 0.333. The van der Waals surface area contributed by atoms with E-state index in [0.717, 1.165) is 18.4 Å². The van der Waals surface area contributed by atoms with Gasteiger partial charge in [0, 0.05) is 29.9 Å². The number of rotatable bonds is 4. The molecule has 2 aliphatic rings. The zero-order valence-corrected chi connectivity index (χ0v) is 14.2. The number of aromatic nitrogens is 1. The van der Waals surface area contributed by atoms with Crippen molar-refractivity contribution in [2.24, 2.45) is 0 Å². The van der Waals surface area contributed by atoms with Gasteiger partial charge in [0.05, 0.1) is 0 Å². The highest BCUT2D eigenvalue weighted by molar-refractivity contribution is 5.29. The molecule has 22 heavy (non-hydrogen) atoms. The molecule has 3 nitrogen and oxygen atoms in total. The van der Waals surface area contributed by atoms with Crippen LogP contribution in [0.4, 0.5) is 0 Å². The Balaban J connectivity index is 2.00. The third-order valence-electron chi connectivity index (χ3n) is 5.25. The van der Waals surface area contributed by atoms with Crippen molar-refractivity contribution < 1.29 is 0 Å². The fourth-order valence-corrected chi connectivity index (χ4v) is 4.06. The van der Waals surface area contributed by atoms with Gasteiger partial charge in [-0.15, -0.1) is 0 Å². The van der Waals surface area contributed by atoms with Crippen LogP contribution >= 0.6 is 0 Å². The Labute approximate surface area is 134 Å². The Kier molecular flexibility index (Phi) is 5.02.